The molecule has 4 aromatic rings. The van der Waals surface area contributed by atoms with Crippen LogP contribution in [0.25, 0.3) is 10.2 Å². The van der Waals surface area contributed by atoms with E-state index in [1.165, 1.54) is 11.8 Å². The third-order valence-electron chi connectivity index (χ3n) is 3.92. The van der Waals surface area contributed by atoms with Crippen LogP contribution in [0.15, 0.2) is 59.1 Å². The summed E-state index contributed by atoms with van der Waals surface area (Å²) < 4.78 is 8.73. The lowest BCUT2D eigenvalue weighted by Crippen LogP contribution is -2.03. The molecule has 2 aromatic heterocycles. The number of thioether (sulfide) groups is 1. The molecule has 0 aliphatic carbocycles. The molecule has 2 aromatic carbocycles. The Kier molecular flexibility index (Phi) is 5.17. The van der Waals surface area contributed by atoms with E-state index in [4.69, 9.17) is 4.74 Å². The standard InChI is InChI=1S/C19H16N4O2S2/c1-25-18(24)14-8-6-13(7-9-14)10-23-11-15(21-22-23)12-26-19-20-16-4-2-3-5-17(16)27-19/h2-9,11H,10,12H2,1H3. The zero-order valence-electron chi connectivity index (χ0n) is 14.5. The number of aromatic nitrogens is 4. The molecule has 0 amide bonds. The van der Waals surface area contributed by atoms with Crippen LogP contribution in [0.3, 0.4) is 0 Å². The molecule has 136 valence electrons. The first-order valence-electron chi connectivity index (χ1n) is 8.26. The average molecular weight is 396 g/mol. The van der Waals surface area contributed by atoms with Crippen LogP contribution in [0.5, 0.6) is 0 Å². The number of para-hydroxylation sites is 1. The maximum absolute atomic E-state index is 11.5. The Morgan fingerprint density at radius 1 is 1.19 bits per heavy atom. The second-order valence-corrected chi connectivity index (χ2v) is 8.09. The van der Waals surface area contributed by atoms with Gasteiger partial charge in [-0.1, -0.05) is 41.2 Å². The number of rotatable bonds is 6. The quantitative estimate of drug-likeness (QED) is 0.362. The zero-order chi connectivity index (χ0) is 18.6. The van der Waals surface area contributed by atoms with Crippen molar-refractivity contribution in [2.24, 2.45) is 0 Å². The van der Waals surface area contributed by atoms with Crippen molar-refractivity contribution < 1.29 is 9.53 Å². The van der Waals surface area contributed by atoms with Gasteiger partial charge >= 0.3 is 5.97 Å². The van der Waals surface area contributed by atoms with Gasteiger partial charge in [-0.05, 0) is 29.8 Å². The molecule has 0 atom stereocenters. The maximum atomic E-state index is 11.5. The van der Waals surface area contributed by atoms with E-state index in [1.54, 1.807) is 39.9 Å². The van der Waals surface area contributed by atoms with Gasteiger partial charge in [0.1, 0.15) is 0 Å². The van der Waals surface area contributed by atoms with Gasteiger partial charge in [-0.15, -0.1) is 16.4 Å². The number of ether oxygens (including phenoxy) is 1. The van der Waals surface area contributed by atoms with Gasteiger partial charge in [-0.3, -0.25) is 0 Å². The van der Waals surface area contributed by atoms with Gasteiger partial charge in [-0.25, -0.2) is 14.5 Å². The molecule has 0 bridgehead atoms. The van der Waals surface area contributed by atoms with Crippen molar-refractivity contribution in [3.63, 3.8) is 0 Å². The molecule has 0 aliphatic heterocycles. The number of carbonyl (C=O) groups excluding carboxylic acids is 1. The molecular weight excluding hydrogens is 380 g/mol. The number of carbonyl (C=O) groups is 1. The highest BCUT2D eigenvalue weighted by molar-refractivity contribution is 8.00. The Hall–Kier alpha value is -2.71. The van der Waals surface area contributed by atoms with Crippen LogP contribution in [0.2, 0.25) is 0 Å². The van der Waals surface area contributed by atoms with Crippen LogP contribution >= 0.6 is 23.1 Å². The molecule has 0 radical (unpaired) electrons. The number of benzene rings is 2. The minimum absolute atomic E-state index is 0.337. The van der Waals surface area contributed by atoms with E-state index in [0.29, 0.717) is 12.1 Å². The first-order chi connectivity index (χ1) is 13.2. The fraction of sp³-hybridized carbons (Fsp3) is 0.158. The summed E-state index contributed by atoms with van der Waals surface area (Å²) in [5.74, 6) is 0.387. The summed E-state index contributed by atoms with van der Waals surface area (Å²) in [5, 5.41) is 8.42. The Morgan fingerprint density at radius 3 is 2.78 bits per heavy atom. The predicted octanol–water partition coefficient (Wildman–Crippen LogP) is 4.02. The topological polar surface area (TPSA) is 69.9 Å². The third kappa shape index (κ3) is 4.17. The number of methoxy groups -OCH3 is 1. The molecule has 2 heterocycles. The molecular formula is C19H16N4O2S2. The number of hydrogen-bond acceptors (Lipinski definition) is 7. The highest BCUT2D eigenvalue weighted by atomic mass is 32.2. The first kappa shape index (κ1) is 17.7. The van der Waals surface area contributed by atoms with Crippen LogP contribution < -0.4 is 0 Å². The van der Waals surface area contributed by atoms with Gasteiger partial charge in [0.15, 0.2) is 4.34 Å². The summed E-state index contributed by atoms with van der Waals surface area (Å²) in [4.78, 5) is 16.1. The summed E-state index contributed by atoms with van der Waals surface area (Å²) in [6.07, 6.45) is 1.94. The summed E-state index contributed by atoms with van der Waals surface area (Å²) in [6.45, 7) is 0.597. The molecule has 8 heteroatoms. The molecule has 0 saturated carbocycles. The van der Waals surface area contributed by atoms with Gasteiger partial charge in [0.25, 0.3) is 0 Å². The largest absolute Gasteiger partial charge is 0.465 e. The number of fused-ring (bicyclic) bond motifs is 1. The molecule has 0 unspecified atom stereocenters. The molecule has 0 spiro atoms. The lowest BCUT2D eigenvalue weighted by atomic mass is 10.1. The second-order valence-electron chi connectivity index (χ2n) is 5.83. The molecule has 0 aliphatic rings. The summed E-state index contributed by atoms with van der Waals surface area (Å²) in [6, 6.07) is 15.4. The van der Waals surface area contributed by atoms with E-state index < -0.39 is 0 Å². The van der Waals surface area contributed by atoms with Crippen molar-refractivity contribution in [3.8, 4) is 0 Å². The van der Waals surface area contributed by atoms with Crippen LogP contribution in [0, 0.1) is 0 Å². The Bertz CT molecular complexity index is 1040. The second kappa shape index (κ2) is 7.89. The minimum Gasteiger partial charge on any atom is -0.465 e. The van der Waals surface area contributed by atoms with Crippen molar-refractivity contribution in [2.45, 2.75) is 16.6 Å². The number of nitrogens with zero attached hydrogens (tertiary/aromatic N) is 4. The van der Waals surface area contributed by atoms with E-state index in [2.05, 4.69) is 21.4 Å². The Labute approximate surface area is 164 Å². The molecule has 4 rings (SSSR count). The third-order valence-corrected chi connectivity index (χ3v) is 6.14. The Balaban J connectivity index is 1.37. The zero-order valence-corrected chi connectivity index (χ0v) is 16.2. The van der Waals surface area contributed by atoms with Crippen LogP contribution in [0.1, 0.15) is 21.6 Å². The monoisotopic (exact) mass is 396 g/mol. The highest BCUT2D eigenvalue weighted by Gasteiger charge is 2.08. The number of thiazole rings is 1. The normalized spacial score (nSPS) is 11.0. The highest BCUT2D eigenvalue weighted by Crippen LogP contribution is 2.30. The van der Waals surface area contributed by atoms with Crippen molar-refractivity contribution in [1.29, 1.82) is 0 Å². The Morgan fingerprint density at radius 2 is 2.00 bits per heavy atom. The van der Waals surface area contributed by atoms with Crippen LogP contribution in [-0.4, -0.2) is 33.1 Å². The van der Waals surface area contributed by atoms with Gasteiger partial charge in [-0.2, -0.15) is 0 Å². The lowest BCUT2D eigenvalue weighted by Gasteiger charge is -2.03. The molecule has 6 nitrogen and oxygen atoms in total. The fourth-order valence-corrected chi connectivity index (χ4v) is 4.53. The van der Waals surface area contributed by atoms with E-state index in [-0.39, 0.29) is 5.97 Å². The average Bonchev–Trinajstić information content (AvgIpc) is 3.32. The SMILES string of the molecule is COC(=O)c1ccc(Cn2cc(CSc3nc4ccccc4s3)nn2)cc1. The van der Waals surface area contributed by atoms with Gasteiger partial charge in [0.05, 0.1) is 35.1 Å². The van der Waals surface area contributed by atoms with Gasteiger partial charge in [0.2, 0.25) is 0 Å². The maximum Gasteiger partial charge on any atom is 0.337 e. The first-order valence-corrected chi connectivity index (χ1v) is 10.1. The smallest absolute Gasteiger partial charge is 0.337 e. The lowest BCUT2D eigenvalue weighted by molar-refractivity contribution is 0.0600. The van der Waals surface area contributed by atoms with Crippen LogP contribution in [-0.2, 0) is 17.0 Å². The summed E-state index contributed by atoms with van der Waals surface area (Å²) >= 11 is 3.36. The van der Waals surface area contributed by atoms with E-state index in [9.17, 15) is 4.79 Å². The van der Waals surface area contributed by atoms with Gasteiger partial charge in [0, 0.05) is 11.9 Å². The number of esters is 1. The van der Waals surface area contributed by atoms with Crippen molar-refractivity contribution >= 4 is 39.3 Å². The van der Waals surface area contributed by atoms with E-state index >= 15 is 0 Å². The van der Waals surface area contributed by atoms with Crippen molar-refractivity contribution in [2.75, 3.05) is 7.11 Å². The molecule has 27 heavy (non-hydrogen) atoms. The molecule has 0 fully saturated rings. The summed E-state index contributed by atoms with van der Waals surface area (Å²) in [7, 11) is 1.37. The minimum atomic E-state index is -0.337. The van der Waals surface area contributed by atoms with Crippen LogP contribution in [0.4, 0.5) is 0 Å². The van der Waals surface area contributed by atoms with E-state index in [1.807, 2.05) is 36.5 Å². The van der Waals surface area contributed by atoms with Crippen molar-refractivity contribution in [1.82, 2.24) is 20.0 Å². The molecule has 0 saturated heterocycles. The van der Waals surface area contributed by atoms with E-state index in [0.717, 1.165) is 26.9 Å². The molecule has 0 N–H and O–H groups in total. The summed E-state index contributed by atoms with van der Waals surface area (Å²) in [5.41, 5.74) is 3.51. The van der Waals surface area contributed by atoms with Crippen molar-refractivity contribution in [3.05, 3.63) is 71.5 Å². The fourth-order valence-electron chi connectivity index (χ4n) is 2.58. The number of hydrogen-bond donors (Lipinski definition) is 0. The predicted molar refractivity (Wildman–Crippen MR) is 106 cm³/mol. The van der Waals surface area contributed by atoms with Gasteiger partial charge < -0.3 is 4.74 Å².